The fraction of sp³-hybridized carbons (Fsp3) is 0.222. The van der Waals surface area contributed by atoms with Crippen LogP contribution in [0.4, 0.5) is 0 Å². The van der Waals surface area contributed by atoms with Crippen LogP contribution in [-0.2, 0) is 12.8 Å². The first-order valence-electron chi connectivity index (χ1n) is 7.50. The van der Waals surface area contributed by atoms with Gasteiger partial charge in [0.2, 0.25) is 0 Å². The number of aromatic nitrogens is 2. The summed E-state index contributed by atoms with van der Waals surface area (Å²) in [7, 11) is 1.90. The maximum absolute atomic E-state index is 12.9. The van der Waals surface area contributed by atoms with Crippen molar-refractivity contribution in [1.82, 2.24) is 15.1 Å². The van der Waals surface area contributed by atoms with Gasteiger partial charge >= 0.3 is 0 Å². The molecule has 0 fully saturated rings. The summed E-state index contributed by atoms with van der Waals surface area (Å²) in [5, 5.41) is 7.94. The van der Waals surface area contributed by atoms with Crippen molar-refractivity contribution in [3.8, 4) is 0 Å². The van der Waals surface area contributed by atoms with E-state index in [0.717, 1.165) is 23.7 Å². The molecule has 1 heterocycles. The van der Waals surface area contributed by atoms with Crippen LogP contribution in [0.2, 0.25) is 0 Å². The summed E-state index contributed by atoms with van der Waals surface area (Å²) < 4.78 is 0. The number of rotatable bonds is 2. The van der Waals surface area contributed by atoms with Gasteiger partial charge in [-0.2, -0.15) is 5.10 Å². The molecule has 1 N–H and O–H groups in total. The molecule has 0 spiro atoms. The van der Waals surface area contributed by atoms with E-state index in [9.17, 15) is 4.79 Å². The van der Waals surface area contributed by atoms with Crippen LogP contribution in [0.5, 0.6) is 0 Å². The predicted octanol–water partition coefficient (Wildman–Crippen LogP) is 2.80. The largest absolute Gasteiger partial charge is 0.338 e. The normalized spacial score (nSPS) is 14.2. The van der Waals surface area contributed by atoms with Crippen molar-refractivity contribution < 1.29 is 4.79 Å². The van der Waals surface area contributed by atoms with Gasteiger partial charge in [0.25, 0.3) is 5.91 Å². The molecular formula is C18H17N3O. The number of H-pyrrole nitrogens is 1. The summed E-state index contributed by atoms with van der Waals surface area (Å²) in [6.45, 7) is 0. The number of hydrogen-bond acceptors (Lipinski definition) is 2. The van der Waals surface area contributed by atoms with Crippen LogP contribution in [0, 0.1) is 0 Å². The Kier molecular flexibility index (Phi) is 2.96. The lowest BCUT2D eigenvalue weighted by molar-refractivity contribution is 0.0739. The molecule has 0 bridgehead atoms. The number of carbonyl (C=O) groups excluding carboxylic acids is 1. The second-order valence-corrected chi connectivity index (χ2v) is 5.89. The average Bonchev–Trinajstić information content (AvgIpc) is 3.19. The highest BCUT2D eigenvalue weighted by atomic mass is 16.2. The number of benzene rings is 2. The minimum absolute atomic E-state index is 0.0488. The minimum Gasteiger partial charge on any atom is -0.338 e. The van der Waals surface area contributed by atoms with Crippen LogP contribution < -0.4 is 0 Å². The van der Waals surface area contributed by atoms with Gasteiger partial charge in [0, 0.05) is 18.5 Å². The second-order valence-electron chi connectivity index (χ2n) is 5.89. The van der Waals surface area contributed by atoms with Crippen LogP contribution in [0.3, 0.4) is 0 Å². The number of nitrogens with one attached hydrogen (secondary N) is 1. The van der Waals surface area contributed by atoms with Gasteiger partial charge in [-0.3, -0.25) is 9.89 Å². The molecule has 0 saturated carbocycles. The van der Waals surface area contributed by atoms with E-state index in [1.807, 2.05) is 30.1 Å². The highest BCUT2D eigenvalue weighted by Gasteiger charge is 2.28. The molecule has 2 aromatic carbocycles. The maximum Gasteiger partial charge on any atom is 0.256 e. The highest BCUT2D eigenvalue weighted by Crippen LogP contribution is 2.26. The fourth-order valence-corrected chi connectivity index (χ4v) is 3.31. The summed E-state index contributed by atoms with van der Waals surface area (Å²) >= 11 is 0. The lowest BCUT2D eigenvalue weighted by Gasteiger charge is -2.24. The number of aromatic amines is 1. The Balaban J connectivity index is 1.63. The lowest BCUT2D eigenvalue weighted by Crippen LogP contribution is -2.37. The Morgan fingerprint density at radius 2 is 1.86 bits per heavy atom. The van der Waals surface area contributed by atoms with Crippen molar-refractivity contribution >= 4 is 16.8 Å². The third kappa shape index (κ3) is 1.99. The van der Waals surface area contributed by atoms with Gasteiger partial charge < -0.3 is 4.90 Å². The summed E-state index contributed by atoms with van der Waals surface area (Å²) in [4.78, 5) is 14.7. The molecule has 4 heteroatoms. The zero-order valence-electron chi connectivity index (χ0n) is 12.4. The average molecular weight is 291 g/mol. The molecule has 1 aliphatic carbocycles. The number of hydrogen-bond donors (Lipinski definition) is 1. The van der Waals surface area contributed by atoms with Gasteiger partial charge in [-0.05, 0) is 30.0 Å². The predicted molar refractivity (Wildman–Crippen MR) is 85.8 cm³/mol. The maximum atomic E-state index is 12.9. The van der Waals surface area contributed by atoms with Gasteiger partial charge in [-0.25, -0.2) is 0 Å². The number of para-hydroxylation sites is 1. The van der Waals surface area contributed by atoms with E-state index < -0.39 is 0 Å². The Morgan fingerprint density at radius 3 is 2.59 bits per heavy atom. The smallest absolute Gasteiger partial charge is 0.256 e. The molecule has 1 aromatic heterocycles. The first kappa shape index (κ1) is 13.1. The summed E-state index contributed by atoms with van der Waals surface area (Å²) in [6, 6.07) is 14.4. The van der Waals surface area contributed by atoms with Crippen molar-refractivity contribution in [2.45, 2.75) is 18.9 Å². The van der Waals surface area contributed by atoms with Gasteiger partial charge in [0.05, 0.1) is 17.3 Å². The van der Waals surface area contributed by atoms with E-state index in [0.29, 0.717) is 5.56 Å². The molecule has 0 aliphatic heterocycles. The molecular weight excluding hydrogens is 274 g/mol. The monoisotopic (exact) mass is 291 g/mol. The Bertz CT molecular complexity index is 827. The van der Waals surface area contributed by atoms with E-state index in [1.165, 1.54) is 11.1 Å². The van der Waals surface area contributed by atoms with Gasteiger partial charge in [0.15, 0.2) is 0 Å². The summed E-state index contributed by atoms with van der Waals surface area (Å²) in [5.74, 6) is 0.0488. The van der Waals surface area contributed by atoms with Gasteiger partial charge in [0.1, 0.15) is 0 Å². The topological polar surface area (TPSA) is 49.0 Å². The minimum atomic E-state index is 0.0488. The molecule has 0 saturated heterocycles. The van der Waals surface area contributed by atoms with Crippen LogP contribution in [0.15, 0.2) is 48.7 Å². The quantitative estimate of drug-likeness (QED) is 0.789. The molecule has 0 radical (unpaired) electrons. The first-order valence-corrected chi connectivity index (χ1v) is 7.50. The number of amides is 1. The molecule has 22 heavy (non-hydrogen) atoms. The van der Waals surface area contributed by atoms with Gasteiger partial charge in [-0.15, -0.1) is 0 Å². The molecule has 0 unspecified atom stereocenters. The van der Waals surface area contributed by atoms with E-state index in [-0.39, 0.29) is 11.9 Å². The second kappa shape index (κ2) is 4.98. The zero-order valence-corrected chi connectivity index (χ0v) is 12.4. The zero-order chi connectivity index (χ0) is 15.1. The van der Waals surface area contributed by atoms with Crippen LogP contribution in [0.1, 0.15) is 21.5 Å². The van der Waals surface area contributed by atoms with E-state index in [2.05, 4.69) is 34.5 Å². The first-order chi connectivity index (χ1) is 10.7. The van der Waals surface area contributed by atoms with Crippen LogP contribution in [-0.4, -0.2) is 34.1 Å². The number of carbonyl (C=O) groups is 1. The SMILES string of the molecule is CN(C(=O)c1cccc2cn[nH]c12)C1Cc2ccccc2C1. The number of nitrogens with zero attached hydrogens (tertiary/aromatic N) is 2. The number of likely N-dealkylation sites (N-methyl/N-ethyl adjacent to an activating group) is 1. The molecule has 4 nitrogen and oxygen atoms in total. The van der Waals surface area contributed by atoms with Crippen molar-refractivity contribution in [2.24, 2.45) is 0 Å². The summed E-state index contributed by atoms with van der Waals surface area (Å²) in [5.41, 5.74) is 4.21. The van der Waals surface area contributed by atoms with E-state index in [1.54, 1.807) is 6.20 Å². The third-order valence-corrected chi connectivity index (χ3v) is 4.60. The number of fused-ring (bicyclic) bond motifs is 2. The molecule has 4 rings (SSSR count). The van der Waals surface area contributed by atoms with Crippen molar-refractivity contribution in [1.29, 1.82) is 0 Å². The fourth-order valence-electron chi connectivity index (χ4n) is 3.31. The van der Waals surface area contributed by atoms with E-state index >= 15 is 0 Å². The van der Waals surface area contributed by atoms with Crippen molar-refractivity contribution in [3.05, 3.63) is 65.4 Å². The molecule has 0 atom stereocenters. The lowest BCUT2D eigenvalue weighted by atomic mass is 10.1. The molecule has 3 aromatic rings. The molecule has 1 amide bonds. The van der Waals surface area contributed by atoms with Crippen molar-refractivity contribution in [3.63, 3.8) is 0 Å². The highest BCUT2D eigenvalue weighted by molar-refractivity contribution is 6.05. The van der Waals surface area contributed by atoms with E-state index in [4.69, 9.17) is 0 Å². The molecule has 1 aliphatic rings. The van der Waals surface area contributed by atoms with Crippen LogP contribution in [0.25, 0.3) is 10.9 Å². The van der Waals surface area contributed by atoms with Crippen LogP contribution >= 0.6 is 0 Å². The Labute approximate surface area is 128 Å². The molecule has 110 valence electrons. The van der Waals surface area contributed by atoms with Crippen molar-refractivity contribution in [2.75, 3.05) is 7.05 Å². The van der Waals surface area contributed by atoms with Gasteiger partial charge in [-0.1, -0.05) is 36.4 Å². The Morgan fingerprint density at radius 1 is 1.14 bits per heavy atom. The standard InChI is InChI=1S/C18H17N3O/c1-21(15-9-12-5-2-3-6-13(12)10-15)18(22)16-8-4-7-14-11-19-20-17(14)16/h2-8,11,15H,9-10H2,1H3,(H,19,20). The Hall–Kier alpha value is -2.62. The third-order valence-electron chi connectivity index (χ3n) is 4.60. The summed E-state index contributed by atoms with van der Waals surface area (Å²) in [6.07, 6.45) is 3.60.